The number of anilines is 1. The van der Waals surface area contributed by atoms with Gasteiger partial charge in [-0.05, 0) is 6.92 Å². The van der Waals surface area contributed by atoms with Crippen molar-refractivity contribution in [1.82, 2.24) is 9.97 Å². The number of methoxy groups -OCH3 is 1. The molecule has 0 unspecified atom stereocenters. The lowest BCUT2D eigenvalue weighted by atomic mass is 10.4. The van der Waals surface area contributed by atoms with Gasteiger partial charge >= 0.3 is 0 Å². The molecule has 0 radical (unpaired) electrons. The molecule has 76 valence electrons. The smallest absolute Gasteiger partial charge is 0.240 e. The number of aromatic nitrogens is 2. The second-order valence-electron chi connectivity index (χ2n) is 2.74. The first-order chi connectivity index (χ1) is 6.67. The predicted molar refractivity (Wildman–Crippen MR) is 52.2 cm³/mol. The summed E-state index contributed by atoms with van der Waals surface area (Å²) in [6.07, 6.45) is 1.95. The SMILES string of the molecule is CCC(=O)Nc1cnc(C)nc1OC. The Labute approximate surface area is 82.5 Å². The number of ether oxygens (including phenoxy) is 1. The summed E-state index contributed by atoms with van der Waals surface area (Å²) in [5.41, 5.74) is 0.505. The van der Waals surface area contributed by atoms with E-state index < -0.39 is 0 Å². The zero-order valence-electron chi connectivity index (χ0n) is 8.50. The number of rotatable bonds is 3. The molecular weight excluding hydrogens is 182 g/mol. The zero-order valence-corrected chi connectivity index (χ0v) is 8.50. The van der Waals surface area contributed by atoms with Crippen LogP contribution in [-0.2, 0) is 4.79 Å². The Hall–Kier alpha value is -1.65. The molecule has 14 heavy (non-hydrogen) atoms. The predicted octanol–water partition coefficient (Wildman–Crippen LogP) is 1.14. The monoisotopic (exact) mass is 195 g/mol. The molecule has 0 atom stereocenters. The molecule has 5 heteroatoms. The van der Waals surface area contributed by atoms with Crippen LogP contribution in [0.1, 0.15) is 19.2 Å². The van der Waals surface area contributed by atoms with Crippen molar-refractivity contribution in [2.75, 3.05) is 12.4 Å². The minimum absolute atomic E-state index is 0.0873. The van der Waals surface area contributed by atoms with Crippen molar-refractivity contribution >= 4 is 11.6 Å². The largest absolute Gasteiger partial charge is 0.479 e. The van der Waals surface area contributed by atoms with Crippen molar-refractivity contribution < 1.29 is 9.53 Å². The first-order valence-electron chi connectivity index (χ1n) is 4.34. The standard InChI is InChI=1S/C9H13N3O2/c1-4-8(13)12-7-5-10-6(2)11-9(7)14-3/h5H,4H2,1-3H3,(H,12,13). The minimum atomic E-state index is -0.0873. The second kappa shape index (κ2) is 4.55. The summed E-state index contributed by atoms with van der Waals surface area (Å²) in [5, 5.41) is 2.65. The van der Waals surface area contributed by atoms with E-state index >= 15 is 0 Å². The Morgan fingerprint density at radius 2 is 2.36 bits per heavy atom. The topological polar surface area (TPSA) is 64.1 Å². The van der Waals surface area contributed by atoms with Gasteiger partial charge in [0.1, 0.15) is 11.5 Å². The maximum absolute atomic E-state index is 11.1. The summed E-state index contributed by atoms with van der Waals surface area (Å²) in [6.45, 7) is 3.53. The molecule has 0 fully saturated rings. The summed E-state index contributed by atoms with van der Waals surface area (Å²) in [7, 11) is 1.50. The fourth-order valence-corrected chi connectivity index (χ4v) is 0.929. The van der Waals surface area contributed by atoms with Gasteiger partial charge in [-0.2, -0.15) is 4.98 Å². The van der Waals surface area contributed by atoms with E-state index in [1.54, 1.807) is 13.8 Å². The van der Waals surface area contributed by atoms with Crippen LogP contribution >= 0.6 is 0 Å². The molecule has 0 spiro atoms. The van der Waals surface area contributed by atoms with E-state index in [9.17, 15) is 4.79 Å². The fraction of sp³-hybridized carbons (Fsp3) is 0.444. The molecule has 0 saturated carbocycles. The van der Waals surface area contributed by atoms with Crippen LogP contribution in [0.3, 0.4) is 0 Å². The van der Waals surface area contributed by atoms with Crippen LogP contribution in [0.4, 0.5) is 5.69 Å². The van der Waals surface area contributed by atoms with Crippen LogP contribution in [-0.4, -0.2) is 23.0 Å². The lowest BCUT2D eigenvalue weighted by Crippen LogP contribution is -2.11. The van der Waals surface area contributed by atoms with Crippen molar-refractivity contribution in [2.45, 2.75) is 20.3 Å². The summed E-state index contributed by atoms with van der Waals surface area (Å²) in [6, 6.07) is 0. The van der Waals surface area contributed by atoms with Crippen molar-refractivity contribution in [1.29, 1.82) is 0 Å². The van der Waals surface area contributed by atoms with Crippen LogP contribution in [0.2, 0.25) is 0 Å². The Balaban J connectivity index is 2.90. The highest BCUT2D eigenvalue weighted by Crippen LogP contribution is 2.19. The number of carbonyl (C=O) groups is 1. The molecule has 0 aromatic carbocycles. The van der Waals surface area contributed by atoms with E-state index in [4.69, 9.17) is 4.74 Å². The van der Waals surface area contributed by atoms with Crippen LogP contribution < -0.4 is 10.1 Å². The number of carbonyl (C=O) groups excluding carboxylic acids is 1. The molecule has 0 bridgehead atoms. The summed E-state index contributed by atoms with van der Waals surface area (Å²) < 4.78 is 5.01. The molecule has 1 amide bonds. The lowest BCUT2D eigenvalue weighted by Gasteiger charge is -2.07. The Morgan fingerprint density at radius 1 is 1.64 bits per heavy atom. The number of aryl methyl sites for hydroxylation is 1. The normalized spacial score (nSPS) is 9.64. The van der Waals surface area contributed by atoms with Gasteiger partial charge in [0.2, 0.25) is 11.8 Å². The van der Waals surface area contributed by atoms with Gasteiger partial charge in [-0.15, -0.1) is 0 Å². The van der Waals surface area contributed by atoms with Gasteiger partial charge < -0.3 is 10.1 Å². The average Bonchev–Trinajstić information content (AvgIpc) is 2.20. The minimum Gasteiger partial charge on any atom is -0.479 e. The maximum atomic E-state index is 11.1. The first kappa shape index (κ1) is 10.4. The molecule has 5 nitrogen and oxygen atoms in total. The van der Waals surface area contributed by atoms with Gasteiger partial charge in [-0.1, -0.05) is 6.92 Å². The molecule has 1 aromatic heterocycles. The van der Waals surface area contributed by atoms with Gasteiger partial charge in [0.05, 0.1) is 13.3 Å². The first-order valence-corrected chi connectivity index (χ1v) is 4.34. The lowest BCUT2D eigenvalue weighted by molar-refractivity contribution is -0.115. The molecule has 0 aliphatic carbocycles. The number of nitrogens with zero attached hydrogens (tertiary/aromatic N) is 2. The highest BCUT2D eigenvalue weighted by atomic mass is 16.5. The highest BCUT2D eigenvalue weighted by molar-refractivity contribution is 5.91. The van der Waals surface area contributed by atoms with Crippen molar-refractivity contribution in [3.8, 4) is 5.88 Å². The number of nitrogens with one attached hydrogen (secondary N) is 1. The number of hydrogen-bond acceptors (Lipinski definition) is 4. The molecular formula is C9H13N3O2. The van der Waals surface area contributed by atoms with Gasteiger partial charge in [0.15, 0.2) is 0 Å². The van der Waals surface area contributed by atoms with Gasteiger partial charge in [-0.3, -0.25) is 4.79 Å². The molecule has 0 aliphatic heterocycles. The number of amides is 1. The van der Waals surface area contributed by atoms with Crippen LogP contribution in [0, 0.1) is 6.92 Å². The van der Waals surface area contributed by atoms with Crippen LogP contribution in [0.15, 0.2) is 6.20 Å². The van der Waals surface area contributed by atoms with Gasteiger partial charge in [0, 0.05) is 6.42 Å². The maximum Gasteiger partial charge on any atom is 0.240 e. The van der Waals surface area contributed by atoms with Gasteiger partial charge in [-0.25, -0.2) is 4.98 Å². The van der Waals surface area contributed by atoms with E-state index in [-0.39, 0.29) is 5.91 Å². The zero-order chi connectivity index (χ0) is 10.6. The van der Waals surface area contributed by atoms with E-state index in [0.29, 0.717) is 23.8 Å². The van der Waals surface area contributed by atoms with Crippen molar-refractivity contribution in [2.24, 2.45) is 0 Å². The van der Waals surface area contributed by atoms with E-state index in [1.165, 1.54) is 13.3 Å². The quantitative estimate of drug-likeness (QED) is 0.785. The fourth-order valence-electron chi connectivity index (χ4n) is 0.929. The van der Waals surface area contributed by atoms with E-state index in [0.717, 1.165) is 0 Å². The van der Waals surface area contributed by atoms with E-state index in [2.05, 4.69) is 15.3 Å². The van der Waals surface area contributed by atoms with Crippen molar-refractivity contribution in [3.05, 3.63) is 12.0 Å². The number of hydrogen-bond donors (Lipinski definition) is 1. The molecule has 1 heterocycles. The molecule has 1 rings (SSSR count). The van der Waals surface area contributed by atoms with E-state index in [1.807, 2.05) is 0 Å². The molecule has 0 saturated heterocycles. The summed E-state index contributed by atoms with van der Waals surface area (Å²) in [5.74, 6) is 0.909. The Bertz CT molecular complexity index is 339. The Kier molecular flexibility index (Phi) is 3.39. The second-order valence-corrected chi connectivity index (χ2v) is 2.74. The van der Waals surface area contributed by atoms with Gasteiger partial charge in [0.25, 0.3) is 0 Å². The third-order valence-electron chi connectivity index (χ3n) is 1.66. The summed E-state index contributed by atoms with van der Waals surface area (Å²) >= 11 is 0. The molecule has 1 N–H and O–H groups in total. The van der Waals surface area contributed by atoms with Crippen LogP contribution in [0.25, 0.3) is 0 Å². The van der Waals surface area contributed by atoms with Crippen molar-refractivity contribution in [3.63, 3.8) is 0 Å². The highest BCUT2D eigenvalue weighted by Gasteiger charge is 2.07. The average molecular weight is 195 g/mol. The third kappa shape index (κ3) is 2.42. The molecule has 0 aliphatic rings. The molecule has 1 aromatic rings. The summed E-state index contributed by atoms with van der Waals surface area (Å²) in [4.78, 5) is 19.1. The Morgan fingerprint density at radius 3 is 2.93 bits per heavy atom. The van der Waals surface area contributed by atoms with Crippen LogP contribution in [0.5, 0.6) is 5.88 Å². The third-order valence-corrected chi connectivity index (χ3v) is 1.66.